The van der Waals surface area contributed by atoms with Gasteiger partial charge in [0.05, 0.1) is 18.8 Å². The third-order valence-electron chi connectivity index (χ3n) is 2.81. The summed E-state index contributed by atoms with van der Waals surface area (Å²) in [6.07, 6.45) is 4.24. The Morgan fingerprint density at radius 3 is 2.50 bits per heavy atom. The Morgan fingerprint density at radius 1 is 0.938 bits per heavy atom. The second-order valence-corrected chi connectivity index (χ2v) is 3.93. The Balaban J connectivity index is 2.35. The molecule has 0 bridgehead atoms. The van der Waals surface area contributed by atoms with E-state index >= 15 is 0 Å². The molecular weight excluding hydrogens is 196 g/mol. The third kappa shape index (κ3) is 1.31. The van der Waals surface area contributed by atoms with E-state index in [-0.39, 0.29) is 0 Å². The first-order valence-electron chi connectivity index (χ1n) is 5.37. The van der Waals surface area contributed by atoms with Crippen LogP contribution in [0.5, 0.6) is 0 Å². The molecule has 2 heterocycles. The van der Waals surface area contributed by atoms with Crippen LogP contribution < -0.4 is 4.57 Å². The number of rotatable bonds is 1. The molecule has 0 saturated heterocycles. The molecule has 0 aliphatic heterocycles. The summed E-state index contributed by atoms with van der Waals surface area (Å²) in [6, 6.07) is 16.7. The fraction of sp³-hybridized carbons (Fsp3) is 0.0714. The van der Waals surface area contributed by atoms with Gasteiger partial charge in [-0.1, -0.05) is 24.3 Å². The van der Waals surface area contributed by atoms with E-state index in [0.717, 1.165) is 0 Å². The summed E-state index contributed by atoms with van der Waals surface area (Å²) in [5.74, 6) is 1.20. The van der Waals surface area contributed by atoms with E-state index in [0.29, 0.717) is 0 Å². The SMILES string of the molecule is C[n+]1cc2ccccn2c1-c1ccccc1. The number of aromatic nitrogens is 2. The number of hydrogen-bond acceptors (Lipinski definition) is 0. The van der Waals surface area contributed by atoms with Gasteiger partial charge >= 0.3 is 0 Å². The van der Waals surface area contributed by atoms with Crippen LogP contribution in [0.15, 0.2) is 60.9 Å². The van der Waals surface area contributed by atoms with Gasteiger partial charge in [0.1, 0.15) is 6.20 Å². The molecule has 0 aliphatic rings. The minimum absolute atomic E-state index is 1.20. The number of benzene rings is 1. The maximum atomic E-state index is 2.20. The maximum absolute atomic E-state index is 2.20. The summed E-state index contributed by atoms with van der Waals surface area (Å²) in [7, 11) is 2.08. The zero-order valence-corrected chi connectivity index (χ0v) is 9.17. The van der Waals surface area contributed by atoms with Crippen molar-refractivity contribution in [3.63, 3.8) is 0 Å². The van der Waals surface area contributed by atoms with Gasteiger partial charge in [-0.25, -0.2) is 4.57 Å². The maximum Gasteiger partial charge on any atom is 0.293 e. The molecule has 0 atom stereocenters. The van der Waals surface area contributed by atoms with Crippen LogP contribution in [0, 0.1) is 0 Å². The fourth-order valence-electron chi connectivity index (χ4n) is 2.11. The molecule has 1 aromatic carbocycles. The number of pyridine rings is 1. The predicted molar refractivity (Wildman–Crippen MR) is 64.0 cm³/mol. The number of imidazole rings is 1. The fourth-order valence-corrected chi connectivity index (χ4v) is 2.11. The molecule has 3 rings (SSSR count). The van der Waals surface area contributed by atoms with Gasteiger partial charge in [-0.3, -0.25) is 0 Å². The van der Waals surface area contributed by atoms with E-state index in [2.05, 4.69) is 70.9 Å². The zero-order chi connectivity index (χ0) is 11.0. The van der Waals surface area contributed by atoms with Crippen LogP contribution in [-0.2, 0) is 7.05 Å². The Kier molecular flexibility index (Phi) is 2.00. The van der Waals surface area contributed by atoms with E-state index in [9.17, 15) is 0 Å². The summed E-state index contributed by atoms with van der Waals surface area (Å²) in [6.45, 7) is 0. The van der Waals surface area contributed by atoms with Crippen LogP contribution in [0.4, 0.5) is 0 Å². The minimum atomic E-state index is 1.20. The highest BCUT2D eigenvalue weighted by Crippen LogP contribution is 2.17. The third-order valence-corrected chi connectivity index (χ3v) is 2.81. The number of hydrogen-bond donors (Lipinski definition) is 0. The molecule has 16 heavy (non-hydrogen) atoms. The average Bonchev–Trinajstić information content (AvgIpc) is 2.66. The van der Waals surface area contributed by atoms with E-state index in [1.165, 1.54) is 16.9 Å². The quantitative estimate of drug-likeness (QED) is 0.544. The van der Waals surface area contributed by atoms with E-state index < -0.39 is 0 Å². The zero-order valence-electron chi connectivity index (χ0n) is 9.17. The van der Waals surface area contributed by atoms with Gasteiger partial charge < -0.3 is 0 Å². The van der Waals surface area contributed by atoms with Crippen LogP contribution in [0.3, 0.4) is 0 Å². The van der Waals surface area contributed by atoms with Gasteiger partial charge in [0, 0.05) is 0 Å². The van der Waals surface area contributed by atoms with Crippen molar-refractivity contribution in [2.45, 2.75) is 0 Å². The van der Waals surface area contributed by atoms with Crippen LogP contribution in [-0.4, -0.2) is 4.40 Å². The first-order valence-corrected chi connectivity index (χ1v) is 5.37. The van der Waals surface area contributed by atoms with Gasteiger partial charge in [0.2, 0.25) is 0 Å². The highest BCUT2D eigenvalue weighted by Gasteiger charge is 2.16. The summed E-state index contributed by atoms with van der Waals surface area (Å²) in [5.41, 5.74) is 2.44. The van der Waals surface area contributed by atoms with Crippen molar-refractivity contribution in [1.29, 1.82) is 0 Å². The molecule has 0 fully saturated rings. The van der Waals surface area contributed by atoms with Crippen LogP contribution >= 0.6 is 0 Å². The highest BCUT2D eigenvalue weighted by molar-refractivity contribution is 5.58. The van der Waals surface area contributed by atoms with Crippen molar-refractivity contribution in [2.75, 3.05) is 0 Å². The van der Waals surface area contributed by atoms with E-state index in [1.807, 2.05) is 6.07 Å². The molecule has 78 valence electrons. The van der Waals surface area contributed by atoms with Crippen molar-refractivity contribution in [1.82, 2.24) is 4.40 Å². The van der Waals surface area contributed by atoms with Gasteiger partial charge in [-0.2, -0.15) is 4.40 Å². The smallest absolute Gasteiger partial charge is 0.232 e. The molecule has 2 nitrogen and oxygen atoms in total. The molecular formula is C14H13N2+. The lowest BCUT2D eigenvalue weighted by Gasteiger charge is -1.96. The molecule has 0 unspecified atom stereocenters. The second kappa shape index (κ2) is 3.49. The van der Waals surface area contributed by atoms with Crippen molar-refractivity contribution < 1.29 is 4.57 Å². The molecule has 2 aromatic heterocycles. The molecule has 0 spiro atoms. The molecule has 2 heteroatoms. The molecule has 3 aromatic rings. The standard InChI is InChI=1S/C14H13N2/c1-15-11-13-9-5-6-10-16(13)14(15)12-7-3-2-4-8-12/h2-11H,1H3/q+1. The summed E-state index contributed by atoms with van der Waals surface area (Å²) in [5, 5.41) is 0. The van der Waals surface area contributed by atoms with Crippen molar-refractivity contribution in [2.24, 2.45) is 7.05 Å². The Hall–Kier alpha value is -2.09. The molecule has 0 amide bonds. The Labute approximate surface area is 94.4 Å². The largest absolute Gasteiger partial charge is 0.293 e. The van der Waals surface area contributed by atoms with Crippen LogP contribution in [0.2, 0.25) is 0 Å². The van der Waals surface area contributed by atoms with Gasteiger partial charge in [-0.05, 0) is 24.3 Å². The highest BCUT2D eigenvalue weighted by atomic mass is 15.1. The van der Waals surface area contributed by atoms with E-state index in [1.54, 1.807) is 0 Å². The lowest BCUT2D eigenvalue weighted by Crippen LogP contribution is -2.28. The number of aryl methyl sites for hydroxylation is 1. The van der Waals surface area contributed by atoms with E-state index in [4.69, 9.17) is 0 Å². The number of nitrogens with zero attached hydrogens (tertiary/aromatic N) is 2. The summed E-state index contributed by atoms with van der Waals surface area (Å²) < 4.78 is 4.36. The summed E-state index contributed by atoms with van der Waals surface area (Å²) in [4.78, 5) is 0. The molecule has 0 N–H and O–H groups in total. The Morgan fingerprint density at radius 2 is 1.69 bits per heavy atom. The minimum Gasteiger partial charge on any atom is -0.232 e. The van der Waals surface area contributed by atoms with Gasteiger partial charge in [0.25, 0.3) is 5.82 Å². The van der Waals surface area contributed by atoms with Crippen molar-refractivity contribution in [3.05, 3.63) is 60.9 Å². The Bertz CT molecular complexity index is 624. The monoisotopic (exact) mass is 209 g/mol. The average molecular weight is 209 g/mol. The van der Waals surface area contributed by atoms with Gasteiger partial charge in [-0.15, -0.1) is 0 Å². The first kappa shape index (κ1) is 9.16. The van der Waals surface area contributed by atoms with Gasteiger partial charge in [0.15, 0.2) is 5.52 Å². The molecule has 0 radical (unpaired) electrons. The first-order chi connectivity index (χ1) is 7.86. The van der Waals surface area contributed by atoms with Crippen molar-refractivity contribution >= 4 is 5.52 Å². The summed E-state index contributed by atoms with van der Waals surface area (Å²) >= 11 is 0. The normalized spacial score (nSPS) is 10.8. The lowest BCUT2D eigenvalue weighted by molar-refractivity contribution is -0.658. The van der Waals surface area contributed by atoms with Crippen LogP contribution in [0.1, 0.15) is 0 Å². The molecule has 0 aliphatic carbocycles. The van der Waals surface area contributed by atoms with Crippen LogP contribution in [0.25, 0.3) is 16.9 Å². The predicted octanol–water partition coefficient (Wildman–Crippen LogP) is 2.43. The van der Waals surface area contributed by atoms with Crippen molar-refractivity contribution in [3.8, 4) is 11.4 Å². The molecule has 0 saturated carbocycles. The second-order valence-electron chi connectivity index (χ2n) is 3.93. The topological polar surface area (TPSA) is 8.29 Å². The lowest BCUT2D eigenvalue weighted by atomic mass is 10.2. The number of fused-ring (bicyclic) bond motifs is 1.